The van der Waals surface area contributed by atoms with E-state index in [-0.39, 0.29) is 38.7 Å². The summed E-state index contributed by atoms with van der Waals surface area (Å²) in [6.45, 7) is 1.23. The molecule has 0 heterocycles. The molecule has 24 heavy (non-hydrogen) atoms. The van der Waals surface area contributed by atoms with Crippen LogP contribution in [0.1, 0.15) is 22.8 Å². The maximum Gasteiger partial charge on any atom is 0.307 e. The van der Waals surface area contributed by atoms with E-state index in [2.05, 4.69) is 0 Å². The van der Waals surface area contributed by atoms with Crippen molar-refractivity contribution < 1.29 is 23.1 Å². The molecule has 2 aromatic carbocycles. The van der Waals surface area contributed by atoms with Gasteiger partial charge in [0.1, 0.15) is 0 Å². The Bertz CT molecular complexity index is 935. The average molecular weight is 348 g/mol. The molecule has 5 N–H and O–H groups in total. The number of hydrogen-bond donors (Lipinski definition) is 3. The number of anilines is 2. The van der Waals surface area contributed by atoms with Gasteiger partial charge >= 0.3 is 5.97 Å². The number of carbonyl (C=O) groups excluding carboxylic acids is 1. The van der Waals surface area contributed by atoms with Gasteiger partial charge in [-0.25, -0.2) is 8.42 Å². The summed E-state index contributed by atoms with van der Waals surface area (Å²) < 4.78 is 25.8. The smallest absolute Gasteiger partial charge is 0.307 e. The molecular formula is C16H16N2O5S. The van der Waals surface area contributed by atoms with Gasteiger partial charge in [0.2, 0.25) is 9.84 Å². The topological polar surface area (TPSA) is 141 Å². The highest BCUT2D eigenvalue weighted by Crippen LogP contribution is 2.30. The van der Waals surface area contributed by atoms with E-state index < -0.39 is 21.6 Å². The van der Waals surface area contributed by atoms with Gasteiger partial charge in [-0.05, 0) is 42.8 Å². The summed E-state index contributed by atoms with van der Waals surface area (Å²) in [6.07, 6.45) is -0.343. The number of ketones is 1. The molecular weight excluding hydrogens is 332 g/mol. The normalized spacial score (nSPS) is 11.2. The SMILES string of the molecule is CC(=O)c1cc(N)ccc1S(=O)(=O)c1cc(CC(=O)O)ccc1N. The first-order valence-corrected chi connectivity index (χ1v) is 8.37. The molecule has 2 aromatic rings. The Hall–Kier alpha value is -2.87. The Morgan fingerprint density at radius 3 is 2.29 bits per heavy atom. The zero-order valence-electron chi connectivity index (χ0n) is 12.8. The number of nitrogen functional groups attached to an aromatic ring is 2. The number of sulfone groups is 1. The fourth-order valence-electron chi connectivity index (χ4n) is 2.27. The second-order valence-corrected chi connectivity index (χ2v) is 7.14. The summed E-state index contributed by atoms with van der Waals surface area (Å²) in [6, 6.07) is 7.88. The predicted octanol–water partition coefficient (Wildman–Crippen LogP) is 1.51. The van der Waals surface area contributed by atoms with Gasteiger partial charge in [0.25, 0.3) is 0 Å². The van der Waals surface area contributed by atoms with Crippen LogP contribution >= 0.6 is 0 Å². The number of carbonyl (C=O) groups is 2. The van der Waals surface area contributed by atoms with Crippen LogP contribution in [0.15, 0.2) is 46.2 Å². The third-order valence-corrected chi connectivity index (χ3v) is 5.26. The van der Waals surface area contributed by atoms with Gasteiger partial charge in [-0.2, -0.15) is 0 Å². The van der Waals surface area contributed by atoms with E-state index in [4.69, 9.17) is 16.6 Å². The molecule has 0 bridgehead atoms. The minimum atomic E-state index is -4.11. The first-order chi connectivity index (χ1) is 11.1. The van der Waals surface area contributed by atoms with Gasteiger partial charge in [0.15, 0.2) is 5.78 Å². The third kappa shape index (κ3) is 3.38. The molecule has 0 amide bonds. The summed E-state index contributed by atoms with van der Waals surface area (Å²) in [5.74, 6) is -1.55. The van der Waals surface area contributed by atoms with Crippen molar-refractivity contribution >= 4 is 33.0 Å². The molecule has 0 fully saturated rings. The number of Topliss-reactive ketones (excluding diaryl/α,β-unsaturated/α-hetero) is 1. The van der Waals surface area contributed by atoms with Crippen molar-refractivity contribution in [1.29, 1.82) is 0 Å². The molecule has 0 atom stereocenters. The van der Waals surface area contributed by atoms with E-state index in [0.29, 0.717) is 0 Å². The molecule has 8 heteroatoms. The van der Waals surface area contributed by atoms with Gasteiger partial charge in [0.05, 0.1) is 21.9 Å². The maximum atomic E-state index is 12.9. The number of benzene rings is 2. The Kier molecular flexibility index (Phi) is 4.61. The van der Waals surface area contributed by atoms with Gasteiger partial charge in [-0.3, -0.25) is 9.59 Å². The number of nitrogens with two attached hydrogens (primary N) is 2. The molecule has 0 unspecified atom stereocenters. The number of aliphatic carboxylic acids is 1. The minimum Gasteiger partial charge on any atom is -0.481 e. The van der Waals surface area contributed by atoms with E-state index in [9.17, 15) is 18.0 Å². The molecule has 0 aliphatic heterocycles. The van der Waals surface area contributed by atoms with Crippen LogP contribution in [0.2, 0.25) is 0 Å². The minimum absolute atomic E-state index is 0.0320. The number of hydrogen-bond acceptors (Lipinski definition) is 6. The van der Waals surface area contributed by atoms with Crippen LogP contribution in [0.4, 0.5) is 11.4 Å². The quantitative estimate of drug-likeness (QED) is 0.549. The van der Waals surface area contributed by atoms with Crippen LogP contribution in [0.5, 0.6) is 0 Å². The summed E-state index contributed by atoms with van der Waals surface area (Å²) in [4.78, 5) is 22.1. The highest BCUT2D eigenvalue weighted by Gasteiger charge is 2.26. The molecule has 0 saturated carbocycles. The van der Waals surface area contributed by atoms with E-state index >= 15 is 0 Å². The van der Waals surface area contributed by atoms with Crippen molar-refractivity contribution in [3.8, 4) is 0 Å². The molecule has 7 nitrogen and oxygen atoms in total. The highest BCUT2D eigenvalue weighted by molar-refractivity contribution is 7.91. The Labute approximate surface area is 138 Å². The Morgan fingerprint density at radius 1 is 1.04 bits per heavy atom. The van der Waals surface area contributed by atoms with Crippen molar-refractivity contribution in [2.24, 2.45) is 0 Å². The molecule has 2 rings (SSSR count). The van der Waals surface area contributed by atoms with Crippen molar-refractivity contribution in [2.45, 2.75) is 23.1 Å². The van der Waals surface area contributed by atoms with E-state index in [1.807, 2.05) is 0 Å². The standard InChI is InChI=1S/C16H16N2O5S/c1-9(19)12-8-11(17)3-5-14(12)24(22,23)15-6-10(7-16(20)21)2-4-13(15)18/h2-6,8H,7,17-18H2,1H3,(H,20,21). The van der Waals surface area contributed by atoms with Crippen LogP contribution in [-0.4, -0.2) is 25.3 Å². The Morgan fingerprint density at radius 2 is 1.71 bits per heavy atom. The van der Waals surface area contributed by atoms with E-state index in [1.165, 1.54) is 43.3 Å². The van der Waals surface area contributed by atoms with Gasteiger partial charge in [0, 0.05) is 11.3 Å². The lowest BCUT2D eigenvalue weighted by molar-refractivity contribution is -0.136. The summed E-state index contributed by atoms with van der Waals surface area (Å²) in [7, 11) is -4.11. The first-order valence-electron chi connectivity index (χ1n) is 6.88. The van der Waals surface area contributed by atoms with Crippen LogP contribution in [-0.2, 0) is 21.1 Å². The average Bonchev–Trinajstić information content (AvgIpc) is 2.48. The van der Waals surface area contributed by atoms with Crippen molar-refractivity contribution in [3.63, 3.8) is 0 Å². The molecule has 0 aromatic heterocycles. The van der Waals surface area contributed by atoms with Crippen LogP contribution in [0, 0.1) is 0 Å². The molecule has 0 saturated heterocycles. The maximum absolute atomic E-state index is 12.9. The number of carboxylic acid groups (broad SMARTS) is 1. The van der Waals surface area contributed by atoms with Gasteiger partial charge in [-0.15, -0.1) is 0 Å². The zero-order valence-corrected chi connectivity index (χ0v) is 13.6. The monoisotopic (exact) mass is 348 g/mol. The predicted molar refractivity (Wildman–Crippen MR) is 88.5 cm³/mol. The lowest BCUT2D eigenvalue weighted by Gasteiger charge is -2.12. The summed E-state index contributed by atoms with van der Waals surface area (Å²) >= 11 is 0. The van der Waals surface area contributed by atoms with E-state index in [1.54, 1.807) is 0 Å². The molecule has 0 spiro atoms. The van der Waals surface area contributed by atoms with Gasteiger partial charge in [-0.1, -0.05) is 6.07 Å². The molecule has 0 aliphatic carbocycles. The molecule has 126 valence electrons. The second-order valence-electron chi connectivity index (χ2n) is 5.26. The largest absolute Gasteiger partial charge is 0.481 e. The number of rotatable bonds is 5. The fraction of sp³-hybridized carbons (Fsp3) is 0.125. The lowest BCUT2D eigenvalue weighted by atomic mass is 10.1. The summed E-state index contributed by atoms with van der Waals surface area (Å²) in [5.41, 5.74) is 11.9. The van der Waals surface area contributed by atoms with Crippen LogP contribution in [0.25, 0.3) is 0 Å². The number of carboxylic acids is 1. The zero-order chi connectivity index (χ0) is 18.1. The van der Waals surface area contributed by atoms with Crippen molar-refractivity contribution in [3.05, 3.63) is 47.5 Å². The molecule has 0 aliphatic rings. The fourth-order valence-corrected chi connectivity index (χ4v) is 3.93. The van der Waals surface area contributed by atoms with E-state index in [0.717, 1.165) is 0 Å². The summed E-state index contributed by atoms with van der Waals surface area (Å²) in [5, 5.41) is 8.86. The molecule has 0 radical (unpaired) electrons. The third-order valence-electron chi connectivity index (χ3n) is 3.40. The Balaban J connectivity index is 2.68. The first kappa shape index (κ1) is 17.5. The van der Waals surface area contributed by atoms with Crippen molar-refractivity contribution in [2.75, 3.05) is 11.5 Å². The second kappa shape index (κ2) is 6.32. The van der Waals surface area contributed by atoms with Crippen molar-refractivity contribution in [1.82, 2.24) is 0 Å². The lowest BCUT2D eigenvalue weighted by Crippen LogP contribution is -2.12. The van der Waals surface area contributed by atoms with Crippen LogP contribution in [0.3, 0.4) is 0 Å². The highest BCUT2D eigenvalue weighted by atomic mass is 32.2. The van der Waals surface area contributed by atoms with Gasteiger partial charge < -0.3 is 16.6 Å². The van der Waals surface area contributed by atoms with Crippen LogP contribution < -0.4 is 11.5 Å².